The first-order chi connectivity index (χ1) is 10.5. The van der Waals surface area contributed by atoms with Crippen molar-refractivity contribution < 1.29 is 0 Å². The fourth-order valence-corrected chi connectivity index (χ4v) is 6.14. The predicted molar refractivity (Wildman–Crippen MR) is 100 cm³/mol. The van der Waals surface area contributed by atoms with Crippen LogP contribution in [0.4, 0.5) is 0 Å². The van der Waals surface area contributed by atoms with E-state index in [-0.39, 0.29) is 0 Å². The van der Waals surface area contributed by atoms with Gasteiger partial charge >= 0.3 is 0 Å². The Morgan fingerprint density at radius 3 is 1.95 bits per heavy atom. The van der Waals surface area contributed by atoms with Crippen LogP contribution in [-0.2, 0) is 0 Å². The topological polar surface area (TPSA) is 0 Å². The molecule has 2 rings (SSSR count). The maximum absolute atomic E-state index is 3.26. The molecule has 0 radical (unpaired) electrons. The molecule has 0 aliphatic carbocycles. The summed E-state index contributed by atoms with van der Waals surface area (Å²) in [7, 11) is -1.32. The van der Waals surface area contributed by atoms with Gasteiger partial charge in [-0.2, -0.15) is 0 Å². The fraction of sp³-hybridized carbons (Fsp3) is 0.333. The Morgan fingerprint density at radius 2 is 1.41 bits per heavy atom. The van der Waals surface area contributed by atoms with Gasteiger partial charge in [-0.15, -0.1) is 0 Å². The van der Waals surface area contributed by atoms with E-state index in [0.29, 0.717) is 0 Å². The summed E-state index contributed by atoms with van der Waals surface area (Å²) < 4.78 is 0. The molecule has 0 saturated heterocycles. The predicted octanol–water partition coefficient (Wildman–Crippen LogP) is 5.05. The van der Waals surface area contributed by atoms with Crippen molar-refractivity contribution in [2.24, 2.45) is 5.92 Å². The van der Waals surface area contributed by atoms with Gasteiger partial charge in [0.15, 0.2) is 0 Å². The lowest BCUT2D eigenvalue weighted by Gasteiger charge is -2.26. The van der Waals surface area contributed by atoms with Crippen molar-refractivity contribution >= 4 is 13.3 Å². The minimum Gasteiger partial charge on any atom is -0.0654 e. The molecule has 0 unspecified atom stereocenters. The lowest BCUT2D eigenvalue weighted by molar-refractivity contribution is 0.617. The summed E-state index contributed by atoms with van der Waals surface area (Å²) in [6, 6.07) is 20.5. The highest BCUT2D eigenvalue weighted by molar-refractivity contribution is 6.89. The second-order valence-electron chi connectivity index (χ2n) is 6.79. The number of hydrogen-bond donors (Lipinski definition) is 0. The highest BCUT2D eigenvalue weighted by Gasteiger charge is 2.24. The van der Waals surface area contributed by atoms with E-state index in [1.54, 1.807) is 0 Å². The summed E-state index contributed by atoms with van der Waals surface area (Å²) in [5.41, 5.74) is 2.17. The molecule has 0 spiro atoms. The molecule has 0 aromatic heterocycles. The van der Waals surface area contributed by atoms with Gasteiger partial charge in [0.2, 0.25) is 0 Å². The van der Waals surface area contributed by atoms with E-state index in [1.807, 2.05) is 30.3 Å². The molecule has 114 valence electrons. The van der Waals surface area contributed by atoms with Crippen molar-refractivity contribution in [3.63, 3.8) is 0 Å². The zero-order valence-corrected chi connectivity index (χ0v) is 15.2. The number of hydrogen-bond acceptors (Lipinski definition) is 0. The smallest absolute Gasteiger partial charge is 0.0654 e. The van der Waals surface area contributed by atoms with Crippen molar-refractivity contribution in [3.8, 4) is 11.8 Å². The Bertz CT molecular complexity index is 642. The van der Waals surface area contributed by atoms with Crippen molar-refractivity contribution in [2.75, 3.05) is 0 Å². The van der Waals surface area contributed by atoms with Gasteiger partial charge in [0, 0.05) is 11.1 Å². The highest BCUT2D eigenvalue weighted by Crippen LogP contribution is 2.19. The van der Waals surface area contributed by atoms with E-state index in [0.717, 1.165) is 17.0 Å². The Labute approximate surface area is 136 Å². The molecule has 2 aromatic rings. The molecule has 0 aliphatic rings. The van der Waals surface area contributed by atoms with E-state index < -0.39 is 8.07 Å². The molecule has 1 heteroatoms. The molecular weight excluding hydrogens is 280 g/mol. The van der Waals surface area contributed by atoms with Crippen LogP contribution in [0.3, 0.4) is 0 Å². The van der Waals surface area contributed by atoms with E-state index >= 15 is 0 Å². The Balaban J connectivity index is 2.12. The van der Waals surface area contributed by atoms with Gasteiger partial charge < -0.3 is 0 Å². The van der Waals surface area contributed by atoms with Gasteiger partial charge in [0.1, 0.15) is 0 Å². The summed E-state index contributed by atoms with van der Waals surface area (Å²) in [6.07, 6.45) is 1.27. The Kier molecular flexibility index (Phi) is 5.63. The van der Waals surface area contributed by atoms with Crippen LogP contribution in [0, 0.1) is 17.8 Å². The number of benzene rings is 2. The third kappa shape index (κ3) is 4.61. The molecule has 1 atom stereocenters. The van der Waals surface area contributed by atoms with Crippen LogP contribution in [0.25, 0.3) is 0 Å². The average molecular weight is 307 g/mol. The zero-order valence-electron chi connectivity index (χ0n) is 14.2. The van der Waals surface area contributed by atoms with Gasteiger partial charge in [0.25, 0.3) is 0 Å². The van der Waals surface area contributed by atoms with Gasteiger partial charge in [-0.3, -0.25) is 0 Å². The molecule has 0 saturated carbocycles. The van der Waals surface area contributed by atoms with Gasteiger partial charge in [0.05, 0.1) is 8.07 Å². The molecule has 0 nitrogen and oxygen atoms in total. The van der Waals surface area contributed by atoms with E-state index in [2.05, 4.69) is 63.0 Å². The molecule has 0 N–H and O–H groups in total. The quantitative estimate of drug-likeness (QED) is 0.548. The first-order valence-electron chi connectivity index (χ1n) is 8.19. The van der Waals surface area contributed by atoms with Gasteiger partial charge in [-0.25, -0.2) is 0 Å². The maximum atomic E-state index is 3.26. The normalized spacial score (nSPS) is 12.4. The van der Waals surface area contributed by atoms with Gasteiger partial charge in [-0.1, -0.05) is 86.8 Å². The Morgan fingerprint density at radius 1 is 0.864 bits per heavy atom. The first kappa shape index (κ1) is 16.6. The molecule has 0 bridgehead atoms. The van der Waals surface area contributed by atoms with E-state index in [9.17, 15) is 0 Å². The van der Waals surface area contributed by atoms with Crippen molar-refractivity contribution in [1.29, 1.82) is 0 Å². The second-order valence-corrected chi connectivity index (χ2v) is 11.5. The first-order valence-corrected chi connectivity index (χ1v) is 11.4. The summed E-state index contributed by atoms with van der Waals surface area (Å²) >= 11 is 0. The zero-order chi connectivity index (χ0) is 16.0. The minimum atomic E-state index is -1.32. The standard InChI is InChI=1S/C21H26Si/c1-5-18(2)17-22(3,4)21-15-13-20(14-16-21)12-11-19-9-7-6-8-10-19/h6-10,13-16,18H,5,17H2,1-4H3/t18-/m0/s1. The lowest BCUT2D eigenvalue weighted by Crippen LogP contribution is -2.42. The maximum Gasteiger partial charge on any atom is 0.0808 e. The lowest BCUT2D eigenvalue weighted by atomic mass is 10.2. The largest absolute Gasteiger partial charge is 0.0808 e. The third-order valence-electron chi connectivity index (χ3n) is 4.35. The molecule has 0 fully saturated rings. The summed E-state index contributed by atoms with van der Waals surface area (Å²) in [6.45, 7) is 9.61. The van der Waals surface area contributed by atoms with Crippen LogP contribution < -0.4 is 5.19 Å². The molecule has 0 aliphatic heterocycles. The average Bonchev–Trinajstić information content (AvgIpc) is 2.54. The van der Waals surface area contributed by atoms with Crippen LogP contribution >= 0.6 is 0 Å². The molecule has 2 aromatic carbocycles. The molecule has 22 heavy (non-hydrogen) atoms. The van der Waals surface area contributed by atoms with E-state index in [1.165, 1.54) is 17.7 Å². The van der Waals surface area contributed by atoms with E-state index in [4.69, 9.17) is 0 Å². The highest BCUT2D eigenvalue weighted by atomic mass is 28.3. The van der Waals surface area contributed by atoms with Crippen LogP contribution in [0.15, 0.2) is 54.6 Å². The van der Waals surface area contributed by atoms with Crippen molar-refractivity contribution in [3.05, 3.63) is 65.7 Å². The van der Waals surface area contributed by atoms with Crippen molar-refractivity contribution in [1.82, 2.24) is 0 Å². The summed E-state index contributed by atoms with van der Waals surface area (Å²) in [5, 5.41) is 1.54. The Hall–Kier alpha value is -1.78. The summed E-state index contributed by atoms with van der Waals surface area (Å²) in [4.78, 5) is 0. The second kappa shape index (κ2) is 7.47. The van der Waals surface area contributed by atoms with Crippen LogP contribution in [0.5, 0.6) is 0 Å². The number of rotatable bonds is 4. The van der Waals surface area contributed by atoms with Crippen molar-refractivity contribution in [2.45, 2.75) is 39.4 Å². The molecule has 0 heterocycles. The molecule has 0 amide bonds. The summed E-state index contributed by atoms with van der Waals surface area (Å²) in [5.74, 6) is 7.30. The minimum absolute atomic E-state index is 0.819. The van der Waals surface area contributed by atoms with Crippen LogP contribution in [0.2, 0.25) is 19.1 Å². The van der Waals surface area contributed by atoms with Crippen LogP contribution in [0.1, 0.15) is 31.4 Å². The molecular formula is C21H26Si. The fourth-order valence-electron chi connectivity index (χ4n) is 2.80. The monoisotopic (exact) mass is 306 g/mol. The van der Waals surface area contributed by atoms with Gasteiger partial charge in [-0.05, 0) is 30.2 Å². The third-order valence-corrected chi connectivity index (χ3v) is 7.96. The SMILES string of the molecule is CC[C@H](C)C[Si](C)(C)c1ccc(C#Cc2ccccc2)cc1. The van der Waals surface area contributed by atoms with Crippen LogP contribution in [-0.4, -0.2) is 8.07 Å².